The van der Waals surface area contributed by atoms with E-state index in [2.05, 4.69) is 15.0 Å². The fraction of sp³-hybridized carbons (Fsp3) is 0.200. The minimum absolute atomic E-state index is 0.413. The van der Waals surface area contributed by atoms with Crippen LogP contribution in [0.3, 0.4) is 0 Å². The molecule has 5 nitrogen and oxygen atoms in total. The van der Waals surface area contributed by atoms with Gasteiger partial charge in [-0.1, -0.05) is 11.2 Å². The van der Waals surface area contributed by atoms with E-state index >= 15 is 0 Å². The van der Waals surface area contributed by atoms with Gasteiger partial charge in [0, 0.05) is 23.2 Å². The van der Waals surface area contributed by atoms with Crippen molar-refractivity contribution in [1.82, 2.24) is 4.98 Å². The fourth-order valence-electron chi connectivity index (χ4n) is 1.04. The second-order valence-electron chi connectivity index (χ2n) is 2.74. The molecule has 0 aliphatic rings. The highest BCUT2D eigenvalue weighted by Crippen LogP contribution is 2.04. The van der Waals surface area contributed by atoms with Crippen molar-refractivity contribution in [2.45, 2.75) is 6.42 Å². The van der Waals surface area contributed by atoms with Gasteiger partial charge in [0.15, 0.2) is 6.29 Å². The molecule has 0 radical (unpaired) electrons. The summed E-state index contributed by atoms with van der Waals surface area (Å²) in [7, 11) is 0. The molecule has 15 heavy (non-hydrogen) atoms. The van der Waals surface area contributed by atoms with E-state index in [9.17, 15) is 4.79 Å². The lowest BCUT2D eigenvalue weighted by Gasteiger charge is -1.95. The molecule has 1 aromatic rings. The van der Waals surface area contributed by atoms with Crippen molar-refractivity contribution < 1.29 is 4.79 Å². The maximum Gasteiger partial charge on any atom is 0.152 e. The quantitative estimate of drug-likeness (QED) is 0.242. The summed E-state index contributed by atoms with van der Waals surface area (Å²) in [6, 6.07) is 3.41. The number of hydrogen-bond acceptors (Lipinski definition) is 3. The van der Waals surface area contributed by atoms with E-state index < -0.39 is 0 Å². The highest BCUT2D eigenvalue weighted by molar-refractivity contribution is 5.80. The van der Waals surface area contributed by atoms with Gasteiger partial charge in [-0.15, -0.1) is 0 Å². The highest BCUT2D eigenvalue weighted by Gasteiger charge is 1.96. The third-order valence-electron chi connectivity index (χ3n) is 1.73. The molecule has 0 aliphatic heterocycles. The zero-order chi connectivity index (χ0) is 10.9. The Hall–Kier alpha value is -2.13. The first-order chi connectivity index (χ1) is 7.38. The van der Waals surface area contributed by atoms with Crippen molar-refractivity contribution in [2.75, 3.05) is 6.54 Å². The number of azide groups is 1. The molecule has 1 heterocycles. The second kappa shape index (κ2) is 6.34. The van der Waals surface area contributed by atoms with Crippen molar-refractivity contribution in [3.8, 4) is 0 Å². The Balaban J connectivity index is 2.63. The summed E-state index contributed by atoms with van der Waals surface area (Å²) in [6.45, 7) is 0.413. The molecule has 1 rings (SSSR count). The van der Waals surface area contributed by atoms with Crippen LogP contribution in [0.1, 0.15) is 22.5 Å². The zero-order valence-electron chi connectivity index (χ0n) is 8.08. The van der Waals surface area contributed by atoms with E-state index in [0.29, 0.717) is 24.2 Å². The number of pyridine rings is 1. The minimum Gasteiger partial charge on any atom is -0.298 e. The van der Waals surface area contributed by atoms with Crippen LogP contribution < -0.4 is 0 Å². The molecule has 5 heteroatoms. The van der Waals surface area contributed by atoms with Crippen LogP contribution in [0.2, 0.25) is 0 Å². The zero-order valence-corrected chi connectivity index (χ0v) is 8.08. The largest absolute Gasteiger partial charge is 0.298 e. The van der Waals surface area contributed by atoms with Crippen molar-refractivity contribution in [3.05, 3.63) is 46.1 Å². The van der Waals surface area contributed by atoms with Gasteiger partial charge in [-0.05, 0) is 30.2 Å². The van der Waals surface area contributed by atoms with Gasteiger partial charge in [0.1, 0.15) is 0 Å². The standard InChI is InChI=1S/C10H10N4O/c11-14-13-7-2-1-5-10-9(8-15)4-3-6-12-10/h1,3-6,8H,2,7H2. The molecule has 0 spiro atoms. The van der Waals surface area contributed by atoms with E-state index in [1.54, 1.807) is 24.4 Å². The van der Waals surface area contributed by atoms with Crippen LogP contribution in [0.5, 0.6) is 0 Å². The van der Waals surface area contributed by atoms with E-state index in [1.807, 2.05) is 6.08 Å². The van der Waals surface area contributed by atoms with Crippen molar-refractivity contribution >= 4 is 12.4 Å². The predicted molar refractivity (Wildman–Crippen MR) is 57.3 cm³/mol. The minimum atomic E-state index is 0.413. The summed E-state index contributed by atoms with van der Waals surface area (Å²) in [4.78, 5) is 17.3. The van der Waals surface area contributed by atoms with Gasteiger partial charge < -0.3 is 0 Å². The average molecular weight is 202 g/mol. The molecular weight excluding hydrogens is 192 g/mol. The van der Waals surface area contributed by atoms with E-state index in [4.69, 9.17) is 5.53 Å². The molecular formula is C10H10N4O. The Morgan fingerprint density at radius 1 is 1.60 bits per heavy atom. The first-order valence-corrected chi connectivity index (χ1v) is 4.46. The molecule has 0 saturated heterocycles. The van der Waals surface area contributed by atoms with Gasteiger partial charge in [-0.25, -0.2) is 0 Å². The fourth-order valence-corrected chi connectivity index (χ4v) is 1.04. The van der Waals surface area contributed by atoms with Crippen LogP contribution in [0, 0.1) is 0 Å². The van der Waals surface area contributed by atoms with Crippen LogP contribution >= 0.6 is 0 Å². The summed E-state index contributed by atoms with van der Waals surface area (Å²) in [5.41, 5.74) is 9.23. The lowest BCUT2D eigenvalue weighted by molar-refractivity contribution is 0.112. The third-order valence-corrected chi connectivity index (χ3v) is 1.73. The molecule has 0 fully saturated rings. The number of aromatic nitrogens is 1. The summed E-state index contributed by atoms with van der Waals surface area (Å²) >= 11 is 0. The molecule has 0 bridgehead atoms. The van der Waals surface area contributed by atoms with Crippen LogP contribution in [-0.4, -0.2) is 17.8 Å². The first-order valence-electron chi connectivity index (χ1n) is 4.46. The molecule has 0 aromatic carbocycles. The van der Waals surface area contributed by atoms with Crippen LogP contribution in [0.25, 0.3) is 16.5 Å². The number of aldehydes is 1. The molecule has 1 aromatic heterocycles. The van der Waals surface area contributed by atoms with Crippen molar-refractivity contribution in [1.29, 1.82) is 0 Å². The van der Waals surface area contributed by atoms with Crippen LogP contribution in [0.4, 0.5) is 0 Å². The topological polar surface area (TPSA) is 78.7 Å². The monoisotopic (exact) mass is 202 g/mol. The summed E-state index contributed by atoms with van der Waals surface area (Å²) in [6.07, 6.45) is 6.60. The molecule has 0 amide bonds. The van der Waals surface area contributed by atoms with Crippen LogP contribution in [0.15, 0.2) is 29.5 Å². The predicted octanol–water partition coefficient (Wildman–Crippen LogP) is 2.61. The Kier molecular flexibility index (Phi) is 4.63. The first kappa shape index (κ1) is 10.9. The summed E-state index contributed by atoms with van der Waals surface area (Å²) in [5, 5.41) is 3.38. The summed E-state index contributed by atoms with van der Waals surface area (Å²) < 4.78 is 0. The Labute approximate surface area is 87.1 Å². The lowest BCUT2D eigenvalue weighted by atomic mass is 10.2. The van der Waals surface area contributed by atoms with Crippen molar-refractivity contribution in [3.63, 3.8) is 0 Å². The number of hydrogen-bond donors (Lipinski definition) is 0. The molecule has 0 aliphatic carbocycles. The number of rotatable bonds is 5. The Morgan fingerprint density at radius 2 is 2.47 bits per heavy atom. The average Bonchev–Trinajstić information content (AvgIpc) is 2.29. The van der Waals surface area contributed by atoms with Gasteiger partial charge in [0.2, 0.25) is 0 Å². The molecule has 0 N–H and O–H groups in total. The Morgan fingerprint density at radius 3 is 3.20 bits per heavy atom. The van der Waals surface area contributed by atoms with Gasteiger partial charge in [0.25, 0.3) is 0 Å². The van der Waals surface area contributed by atoms with E-state index in [1.165, 1.54) is 0 Å². The smallest absolute Gasteiger partial charge is 0.152 e. The lowest BCUT2D eigenvalue weighted by Crippen LogP contribution is -1.88. The van der Waals surface area contributed by atoms with E-state index in [-0.39, 0.29) is 0 Å². The number of carbonyl (C=O) groups excluding carboxylic acids is 1. The molecule has 0 atom stereocenters. The normalized spacial score (nSPS) is 9.87. The maximum atomic E-state index is 10.6. The molecule has 76 valence electrons. The number of carbonyl (C=O) groups is 1. The van der Waals surface area contributed by atoms with Gasteiger partial charge in [-0.2, -0.15) is 0 Å². The molecule has 0 unspecified atom stereocenters. The molecule has 0 saturated carbocycles. The van der Waals surface area contributed by atoms with E-state index in [0.717, 1.165) is 6.29 Å². The maximum absolute atomic E-state index is 10.6. The van der Waals surface area contributed by atoms with Gasteiger partial charge in [-0.3, -0.25) is 9.78 Å². The highest BCUT2D eigenvalue weighted by atomic mass is 16.1. The SMILES string of the molecule is [N-]=[N+]=NCCC=Cc1ncccc1C=O. The van der Waals surface area contributed by atoms with Gasteiger partial charge in [0.05, 0.1) is 5.69 Å². The second-order valence-corrected chi connectivity index (χ2v) is 2.74. The summed E-state index contributed by atoms with van der Waals surface area (Å²) in [5.74, 6) is 0. The van der Waals surface area contributed by atoms with Crippen molar-refractivity contribution in [2.24, 2.45) is 5.11 Å². The number of nitrogens with zero attached hydrogens (tertiary/aromatic N) is 4. The van der Waals surface area contributed by atoms with Gasteiger partial charge >= 0.3 is 0 Å². The third kappa shape index (κ3) is 3.62. The van der Waals surface area contributed by atoms with Crippen LogP contribution in [-0.2, 0) is 0 Å². The Bertz CT molecular complexity index is 408.